The van der Waals surface area contributed by atoms with Crippen LogP contribution in [0.4, 0.5) is 22.7 Å². The molecule has 0 aliphatic rings. The molecule has 2 aromatic carbocycles. The van der Waals surface area contributed by atoms with E-state index in [-0.39, 0.29) is 11.8 Å². The summed E-state index contributed by atoms with van der Waals surface area (Å²) in [5.74, 6) is 0.481. The zero-order chi connectivity index (χ0) is 19.6. The van der Waals surface area contributed by atoms with E-state index in [1.165, 1.54) is 0 Å². The molecule has 0 bridgehead atoms. The van der Waals surface area contributed by atoms with Gasteiger partial charge in [0.1, 0.15) is 5.75 Å². The lowest BCUT2D eigenvalue weighted by Gasteiger charge is -2.09. The van der Waals surface area contributed by atoms with Crippen LogP contribution in [0.15, 0.2) is 42.5 Å². The van der Waals surface area contributed by atoms with E-state index in [1.54, 1.807) is 49.6 Å². The van der Waals surface area contributed by atoms with Gasteiger partial charge in [-0.05, 0) is 43.2 Å². The molecule has 6 N–H and O–H groups in total. The highest BCUT2D eigenvalue weighted by Gasteiger charge is 2.07. The number of carbonyl (C=O) groups is 2. The largest absolute Gasteiger partial charge is 0.497 e. The fourth-order valence-electron chi connectivity index (χ4n) is 2.58. The van der Waals surface area contributed by atoms with Crippen LogP contribution in [0, 0.1) is 0 Å². The summed E-state index contributed by atoms with van der Waals surface area (Å²) < 4.78 is 5.08. The zero-order valence-corrected chi connectivity index (χ0v) is 15.5. The van der Waals surface area contributed by atoms with Crippen molar-refractivity contribution in [3.8, 4) is 5.75 Å². The van der Waals surface area contributed by atoms with E-state index in [4.69, 9.17) is 16.2 Å². The van der Waals surface area contributed by atoms with Crippen molar-refractivity contribution in [3.05, 3.63) is 42.5 Å². The molecule has 2 rings (SSSR count). The number of rotatable bonds is 9. The summed E-state index contributed by atoms with van der Waals surface area (Å²) in [5, 5.41) is 5.60. The minimum atomic E-state index is -0.101. The third kappa shape index (κ3) is 6.89. The summed E-state index contributed by atoms with van der Waals surface area (Å²) in [5.41, 5.74) is 13.9. The number of methoxy groups -OCH3 is 1. The monoisotopic (exact) mass is 370 g/mol. The normalized spacial score (nSPS) is 10.3. The Bertz CT molecular complexity index is 793. The molecule has 144 valence electrons. The second kappa shape index (κ2) is 10.1. The highest BCUT2D eigenvalue weighted by Crippen LogP contribution is 2.24. The maximum absolute atomic E-state index is 12.0. The first-order valence-electron chi connectivity index (χ1n) is 8.86. The Balaban J connectivity index is 1.63. The lowest BCUT2D eigenvalue weighted by atomic mass is 10.1. The maximum atomic E-state index is 12.0. The molecule has 0 saturated carbocycles. The Hall–Kier alpha value is -3.22. The second-order valence-electron chi connectivity index (χ2n) is 6.24. The molecule has 27 heavy (non-hydrogen) atoms. The average Bonchev–Trinajstić information content (AvgIpc) is 2.63. The van der Waals surface area contributed by atoms with Gasteiger partial charge in [-0.25, -0.2) is 0 Å². The van der Waals surface area contributed by atoms with Crippen molar-refractivity contribution in [3.63, 3.8) is 0 Å². The van der Waals surface area contributed by atoms with Gasteiger partial charge in [0.15, 0.2) is 0 Å². The van der Waals surface area contributed by atoms with Gasteiger partial charge >= 0.3 is 0 Å². The van der Waals surface area contributed by atoms with E-state index in [0.717, 1.165) is 6.42 Å². The van der Waals surface area contributed by atoms with Gasteiger partial charge < -0.3 is 26.8 Å². The fourth-order valence-corrected chi connectivity index (χ4v) is 2.58. The Morgan fingerprint density at radius 2 is 1.63 bits per heavy atom. The number of nitrogen functional groups attached to an aromatic ring is 2. The molecule has 2 amide bonds. The summed E-state index contributed by atoms with van der Waals surface area (Å²) >= 11 is 0. The quantitative estimate of drug-likeness (QED) is 0.398. The number of carbonyl (C=O) groups excluding carboxylic acids is 2. The highest BCUT2D eigenvalue weighted by molar-refractivity contribution is 5.94. The van der Waals surface area contributed by atoms with E-state index in [2.05, 4.69) is 10.6 Å². The van der Waals surface area contributed by atoms with Crippen LogP contribution in [0.5, 0.6) is 5.75 Å². The lowest BCUT2D eigenvalue weighted by molar-refractivity contribution is -0.116. The third-order valence-corrected chi connectivity index (χ3v) is 4.01. The van der Waals surface area contributed by atoms with Gasteiger partial charge in [0.25, 0.3) is 0 Å². The van der Waals surface area contributed by atoms with Crippen molar-refractivity contribution < 1.29 is 14.3 Å². The van der Waals surface area contributed by atoms with Crippen molar-refractivity contribution in [1.82, 2.24) is 0 Å². The maximum Gasteiger partial charge on any atom is 0.224 e. The van der Waals surface area contributed by atoms with Crippen molar-refractivity contribution in [1.29, 1.82) is 0 Å². The van der Waals surface area contributed by atoms with E-state index in [0.29, 0.717) is 54.2 Å². The second-order valence-corrected chi connectivity index (χ2v) is 6.24. The molecule has 0 atom stereocenters. The van der Waals surface area contributed by atoms with Gasteiger partial charge in [-0.2, -0.15) is 0 Å². The first kappa shape index (κ1) is 20.1. The molecule has 0 aromatic heterocycles. The van der Waals surface area contributed by atoms with Gasteiger partial charge in [0, 0.05) is 30.3 Å². The Morgan fingerprint density at radius 3 is 2.26 bits per heavy atom. The lowest BCUT2D eigenvalue weighted by Crippen LogP contribution is -2.13. The summed E-state index contributed by atoms with van der Waals surface area (Å²) in [7, 11) is 1.56. The van der Waals surface area contributed by atoms with Crippen LogP contribution in [-0.4, -0.2) is 18.9 Å². The van der Waals surface area contributed by atoms with Gasteiger partial charge in [0.2, 0.25) is 11.8 Å². The van der Waals surface area contributed by atoms with Crippen molar-refractivity contribution >= 4 is 34.6 Å². The average molecular weight is 370 g/mol. The number of nitrogens with two attached hydrogens (primary N) is 2. The number of benzene rings is 2. The molecule has 7 heteroatoms. The Kier molecular flexibility index (Phi) is 7.49. The number of nitrogens with one attached hydrogen (secondary N) is 2. The summed E-state index contributed by atoms with van der Waals surface area (Å²) in [6.07, 6.45) is 2.99. The fraction of sp³-hybridized carbons (Fsp3) is 0.300. The predicted octanol–water partition coefficient (Wildman–Crippen LogP) is 3.39. The summed E-state index contributed by atoms with van der Waals surface area (Å²) in [6.45, 7) is 0. The number of ether oxygens (including phenoxy) is 1. The van der Waals surface area contributed by atoms with Crippen LogP contribution in [0.3, 0.4) is 0 Å². The molecule has 0 aliphatic heterocycles. The van der Waals surface area contributed by atoms with Crippen LogP contribution in [0.25, 0.3) is 0 Å². The molecular formula is C20H26N4O3. The van der Waals surface area contributed by atoms with E-state index in [1.807, 2.05) is 0 Å². The first-order valence-corrected chi connectivity index (χ1v) is 8.86. The van der Waals surface area contributed by atoms with Crippen LogP contribution in [0.1, 0.15) is 32.1 Å². The highest BCUT2D eigenvalue weighted by atomic mass is 16.5. The van der Waals surface area contributed by atoms with Crippen LogP contribution < -0.4 is 26.8 Å². The van der Waals surface area contributed by atoms with Crippen LogP contribution >= 0.6 is 0 Å². The smallest absolute Gasteiger partial charge is 0.224 e. The molecule has 0 radical (unpaired) electrons. The first-order chi connectivity index (χ1) is 13.0. The molecule has 0 unspecified atom stereocenters. The van der Waals surface area contributed by atoms with E-state index < -0.39 is 0 Å². The summed E-state index contributed by atoms with van der Waals surface area (Å²) in [4.78, 5) is 23.9. The van der Waals surface area contributed by atoms with Gasteiger partial charge in [0.05, 0.1) is 18.5 Å². The minimum Gasteiger partial charge on any atom is -0.497 e. The SMILES string of the molecule is COc1ccc(NC(=O)CCCCCC(=O)Nc2cccc(N)c2)c(N)c1. The molecule has 0 aliphatic carbocycles. The summed E-state index contributed by atoms with van der Waals surface area (Å²) in [6, 6.07) is 12.2. The minimum absolute atomic E-state index is 0.0592. The Morgan fingerprint density at radius 1 is 0.926 bits per heavy atom. The molecule has 7 nitrogen and oxygen atoms in total. The van der Waals surface area contributed by atoms with Gasteiger partial charge in [-0.3, -0.25) is 9.59 Å². The van der Waals surface area contributed by atoms with Crippen molar-refractivity contribution in [2.75, 3.05) is 29.2 Å². The number of amides is 2. The third-order valence-electron chi connectivity index (χ3n) is 4.01. The zero-order valence-electron chi connectivity index (χ0n) is 15.5. The van der Waals surface area contributed by atoms with E-state index >= 15 is 0 Å². The predicted molar refractivity (Wildman–Crippen MR) is 109 cm³/mol. The molecule has 2 aromatic rings. The van der Waals surface area contributed by atoms with Crippen molar-refractivity contribution in [2.24, 2.45) is 0 Å². The molecular weight excluding hydrogens is 344 g/mol. The van der Waals surface area contributed by atoms with Gasteiger partial charge in [-0.15, -0.1) is 0 Å². The Labute approximate surface area is 159 Å². The number of unbranched alkanes of at least 4 members (excludes halogenated alkanes) is 2. The van der Waals surface area contributed by atoms with Crippen molar-refractivity contribution in [2.45, 2.75) is 32.1 Å². The molecule has 0 saturated heterocycles. The van der Waals surface area contributed by atoms with Crippen LogP contribution in [0.2, 0.25) is 0 Å². The van der Waals surface area contributed by atoms with Crippen LogP contribution in [-0.2, 0) is 9.59 Å². The topological polar surface area (TPSA) is 119 Å². The number of hydrogen-bond acceptors (Lipinski definition) is 5. The number of anilines is 4. The number of hydrogen-bond donors (Lipinski definition) is 4. The molecule has 0 spiro atoms. The standard InChI is InChI=1S/C20H26N4O3/c1-27-16-10-11-18(17(22)13-16)24-20(26)9-4-2-3-8-19(25)23-15-7-5-6-14(21)12-15/h5-7,10-13H,2-4,8-9,21-22H2,1H3,(H,23,25)(H,24,26). The van der Waals surface area contributed by atoms with E-state index in [9.17, 15) is 9.59 Å². The molecule has 0 fully saturated rings. The van der Waals surface area contributed by atoms with Gasteiger partial charge in [-0.1, -0.05) is 12.5 Å². The molecule has 0 heterocycles.